The van der Waals surface area contributed by atoms with Crippen molar-refractivity contribution < 1.29 is 14.3 Å². The van der Waals surface area contributed by atoms with Crippen LogP contribution in [0.4, 0.5) is 0 Å². The third-order valence-corrected chi connectivity index (χ3v) is 4.92. The van der Waals surface area contributed by atoms with Crippen LogP contribution < -0.4 is 0 Å². The highest BCUT2D eigenvalue weighted by Crippen LogP contribution is 2.20. The number of piperidine rings is 1. The van der Waals surface area contributed by atoms with Gasteiger partial charge < -0.3 is 14.5 Å². The highest BCUT2D eigenvalue weighted by atomic mass is 16.5. The Morgan fingerprint density at radius 1 is 1.08 bits per heavy atom. The number of hydrogen-bond acceptors (Lipinski definition) is 3. The molecule has 0 bridgehead atoms. The molecule has 24 heavy (non-hydrogen) atoms. The third kappa shape index (κ3) is 4.15. The lowest BCUT2D eigenvalue weighted by Crippen LogP contribution is -2.49. The molecule has 0 spiro atoms. The van der Waals surface area contributed by atoms with Crippen LogP contribution >= 0.6 is 0 Å². The van der Waals surface area contributed by atoms with Crippen molar-refractivity contribution in [2.75, 3.05) is 39.4 Å². The fourth-order valence-corrected chi connectivity index (χ4v) is 3.44. The normalized spacial score (nSPS) is 21.6. The Bertz CT molecular complexity index is 579. The standard InChI is InChI=1S/C19H26N2O3/c1-15-4-6-16(7-5-15)13-18(22)21-8-2-3-17(14-21)19(23)20-9-11-24-12-10-20/h4-7,17H,2-3,8-14H2,1H3. The Kier molecular flexibility index (Phi) is 5.51. The van der Waals surface area contributed by atoms with E-state index < -0.39 is 0 Å². The molecule has 0 aromatic heterocycles. The Morgan fingerprint density at radius 3 is 2.50 bits per heavy atom. The minimum atomic E-state index is -0.0567. The van der Waals surface area contributed by atoms with Crippen molar-refractivity contribution in [1.82, 2.24) is 9.80 Å². The third-order valence-electron chi connectivity index (χ3n) is 4.92. The summed E-state index contributed by atoms with van der Waals surface area (Å²) in [5.74, 6) is 0.253. The number of rotatable bonds is 3. The highest BCUT2D eigenvalue weighted by molar-refractivity contribution is 5.82. The molecule has 0 N–H and O–H groups in total. The summed E-state index contributed by atoms with van der Waals surface area (Å²) in [7, 11) is 0. The van der Waals surface area contributed by atoms with E-state index in [2.05, 4.69) is 0 Å². The second-order valence-corrected chi connectivity index (χ2v) is 6.78. The van der Waals surface area contributed by atoms with Gasteiger partial charge in [0.1, 0.15) is 0 Å². The predicted molar refractivity (Wildman–Crippen MR) is 91.6 cm³/mol. The van der Waals surface area contributed by atoms with E-state index in [4.69, 9.17) is 4.74 Å². The first-order valence-electron chi connectivity index (χ1n) is 8.83. The van der Waals surface area contributed by atoms with Gasteiger partial charge in [-0.05, 0) is 25.3 Å². The average molecular weight is 330 g/mol. The number of aryl methyl sites for hydroxylation is 1. The van der Waals surface area contributed by atoms with Crippen LogP contribution in [-0.2, 0) is 20.7 Å². The zero-order valence-electron chi connectivity index (χ0n) is 14.4. The number of benzene rings is 1. The molecule has 2 fully saturated rings. The number of morpholine rings is 1. The molecule has 2 saturated heterocycles. The SMILES string of the molecule is Cc1ccc(CC(=O)N2CCCC(C(=O)N3CCOCC3)C2)cc1. The molecule has 2 amide bonds. The zero-order chi connectivity index (χ0) is 16.9. The van der Waals surface area contributed by atoms with Gasteiger partial charge in [0.05, 0.1) is 25.6 Å². The van der Waals surface area contributed by atoms with E-state index in [0.29, 0.717) is 39.3 Å². The van der Waals surface area contributed by atoms with E-state index >= 15 is 0 Å². The molecule has 130 valence electrons. The number of hydrogen-bond donors (Lipinski definition) is 0. The summed E-state index contributed by atoms with van der Waals surface area (Å²) < 4.78 is 5.31. The van der Waals surface area contributed by atoms with Gasteiger partial charge in [-0.3, -0.25) is 9.59 Å². The van der Waals surface area contributed by atoms with Gasteiger partial charge >= 0.3 is 0 Å². The number of carbonyl (C=O) groups excluding carboxylic acids is 2. The Morgan fingerprint density at radius 2 is 1.79 bits per heavy atom. The van der Waals surface area contributed by atoms with Gasteiger partial charge in [0.15, 0.2) is 0 Å². The molecule has 1 unspecified atom stereocenters. The first-order valence-corrected chi connectivity index (χ1v) is 8.83. The van der Waals surface area contributed by atoms with Crippen molar-refractivity contribution in [2.45, 2.75) is 26.2 Å². The molecule has 2 heterocycles. The van der Waals surface area contributed by atoms with E-state index in [1.165, 1.54) is 5.56 Å². The summed E-state index contributed by atoms with van der Waals surface area (Å²) in [5.41, 5.74) is 2.23. The van der Waals surface area contributed by atoms with Crippen LogP contribution in [0.25, 0.3) is 0 Å². The van der Waals surface area contributed by atoms with Gasteiger partial charge in [-0.15, -0.1) is 0 Å². The fraction of sp³-hybridized carbons (Fsp3) is 0.579. The van der Waals surface area contributed by atoms with Gasteiger partial charge in [0.25, 0.3) is 0 Å². The molecule has 1 atom stereocenters. The minimum Gasteiger partial charge on any atom is -0.378 e. The molecule has 0 aliphatic carbocycles. The van der Waals surface area contributed by atoms with Crippen LogP contribution in [0.2, 0.25) is 0 Å². The lowest BCUT2D eigenvalue weighted by molar-refractivity contribution is -0.143. The first-order chi connectivity index (χ1) is 11.6. The van der Waals surface area contributed by atoms with Gasteiger partial charge in [-0.2, -0.15) is 0 Å². The first kappa shape index (κ1) is 17.0. The van der Waals surface area contributed by atoms with Gasteiger partial charge in [0, 0.05) is 26.2 Å². The highest BCUT2D eigenvalue weighted by Gasteiger charge is 2.31. The second kappa shape index (κ2) is 7.79. The van der Waals surface area contributed by atoms with Crippen LogP contribution in [0.5, 0.6) is 0 Å². The van der Waals surface area contributed by atoms with Gasteiger partial charge in [-0.1, -0.05) is 29.8 Å². The molecular weight excluding hydrogens is 304 g/mol. The van der Waals surface area contributed by atoms with E-state index in [9.17, 15) is 9.59 Å². The maximum atomic E-state index is 12.6. The predicted octanol–water partition coefficient (Wildman–Crippen LogP) is 1.63. The van der Waals surface area contributed by atoms with E-state index in [-0.39, 0.29) is 17.7 Å². The lowest BCUT2D eigenvalue weighted by Gasteiger charge is -2.36. The molecule has 2 aliphatic heterocycles. The summed E-state index contributed by atoms with van der Waals surface area (Å²) in [4.78, 5) is 29.0. The molecule has 1 aromatic carbocycles. The van der Waals surface area contributed by atoms with E-state index in [0.717, 1.165) is 24.9 Å². The van der Waals surface area contributed by atoms with Gasteiger partial charge in [-0.25, -0.2) is 0 Å². The second-order valence-electron chi connectivity index (χ2n) is 6.78. The average Bonchev–Trinajstić information content (AvgIpc) is 2.64. The quantitative estimate of drug-likeness (QED) is 0.846. The van der Waals surface area contributed by atoms with Crippen LogP contribution in [0.3, 0.4) is 0 Å². The number of amides is 2. The van der Waals surface area contributed by atoms with Crippen molar-refractivity contribution in [2.24, 2.45) is 5.92 Å². The maximum absolute atomic E-state index is 12.6. The van der Waals surface area contributed by atoms with Crippen LogP contribution in [0.1, 0.15) is 24.0 Å². The Balaban J connectivity index is 1.57. The summed E-state index contributed by atoms with van der Waals surface area (Å²) in [5, 5.41) is 0. The summed E-state index contributed by atoms with van der Waals surface area (Å²) in [6, 6.07) is 8.08. The molecular formula is C19H26N2O3. The zero-order valence-corrected chi connectivity index (χ0v) is 14.4. The fourth-order valence-electron chi connectivity index (χ4n) is 3.44. The summed E-state index contributed by atoms with van der Waals surface area (Å²) in [6.45, 7) is 5.94. The molecule has 2 aliphatic rings. The molecule has 5 nitrogen and oxygen atoms in total. The van der Waals surface area contributed by atoms with Crippen LogP contribution in [0.15, 0.2) is 24.3 Å². The van der Waals surface area contributed by atoms with Crippen molar-refractivity contribution in [1.29, 1.82) is 0 Å². The monoisotopic (exact) mass is 330 g/mol. The molecule has 1 aromatic rings. The Hall–Kier alpha value is -1.88. The van der Waals surface area contributed by atoms with Crippen molar-refractivity contribution in [3.63, 3.8) is 0 Å². The number of likely N-dealkylation sites (tertiary alicyclic amines) is 1. The maximum Gasteiger partial charge on any atom is 0.227 e. The van der Waals surface area contributed by atoms with E-state index in [1.54, 1.807) is 0 Å². The largest absolute Gasteiger partial charge is 0.378 e. The van der Waals surface area contributed by atoms with E-state index in [1.807, 2.05) is 41.0 Å². The summed E-state index contributed by atoms with van der Waals surface area (Å²) >= 11 is 0. The Labute approximate surface area is 143 Å². The van der Waals surface area contributed by atoms with Crippen molar-refractivity contribution in [3.05, 3.63) is 35.4 Å². The minimum absolute atomic E-state index is 0.0567. The molecule has 0 saturated carbocycles. The van der Waals surface area contributed by atoms with Crippen LogP contribution in [-0.4, -0.2) is 61.0 Å². The topological polar surface area (TPSA) is 49.9 Å². The molecule has 5 heteroatoms. The van der Waals surface area contributed by atoms with Crippen molar-refractivity contribution in [3.8, 4) is 0 Å². The number of nitrogens with zero attached hydrogens (tertiary/aromatic N) is 2. The summed E-state index contributed by atoms with van der Waals surface area (Å²) in [6.07, 6.45) is 2.20. The smallest absolute Gasteiger partial charge is 0.227 e. The van der Waals surface area contributed by atoms with Crippen LogP contribution in [0, 0.1) is 12.8 Å². The van der Waals surface area contributed by atoms with Gasteiger partial charge in [0.2, 0.25) is 11.8 Å². The number of carbonyl (C=O) groups is 2. The molecule has 0 radical (unpaired) electrons. The van der Waals surface area contributed by atoms with Crippen molar-refractivity contribution >= 4 is 11.8 Å². The lowest BCUT2D eigenvalue weighted by atomic mass is 9.95. The number of ether oxygens (including phenoxy) is 1. The molecule has 3 rings (SSSR count).